The topological polar surface area (TPSA) is 84.5 Å². The van der Waals surface area contributed by atoms with Crippen molar-refractivity contribution >= 4 is 22.5 Å². The van der Waals surface area contributed by atoms with Gasteiger partial charge in [0.2, 0.25) is 0 Å². The molecule has 3 rings (SSSR count). The molecule has 0 amide bonds. The van der Waals surface area contributed by atoms with Crippen molar-refractivity contribution in [3.8, 4) is 0 Å². The van der Waals surface area contributed by atoms with Gasteiger partial charge in [0.15, 0.2) is 5.58 Å². The summed E-state index contributed by atoms with van der Waals surface area (Å²) < 4.78 is 10.7. The number of rotatable bonds is 3. The van der Waals surface area contributed by atoms with E-state index in [1.54, 1.807) is 6.07 Å². The lowest BCUT2D eigenvalue weighted by Crippen LogP contribution is -2.37. The van der Waals surface area contributed by atoms with Crippen molar-refractivity contribution < 1.29 is 9.15 Å². The summed E-state index contributed by atoms with van der Waals surface area (Å²) in [4.78, 5) is 16.1. The van der Waals surface area contributed by atoms with Gasteiger partial charge < -0.3 is 19.8 Å². The van der Waals surface area contributed by atoms with Crippen LogP contribution in [0.1, 0.15) is 19.8 Å². The van der Waals surface area contributed by atoms with Crippen LogP contribution in [0.3, 0.4) is 0 Å². The number of H-pyrrole nitrogens is 1. The van der Waals surface area contributed by atoms with Gasteiger partial charge >= 0.3 is 5.76 Å². The van der Waals surface area contributed by atoms with E-state index in [2.05, 4.69) is 9.88 Å². The molecule has 1 aromatic heterocycles. The van der Waals surface area contributed by atoms with E-state index in [-0.39, 0.29) is 0 Å². The van der Waals surface area contributed by atoms with Gasteiger partial charge in [-0.1, -0.05) is 0 Å². The van der Waals surface area contributed by atoms with Crippen LogP contribution >= 0.6 is 0 Å². The molecule has 0 unspecified atom stereocenters. The van der Waals surface area contributed by atoms with E-state index in [9.17, 15) is 4.79 Å². The van der Waals surface area contributed by atoms with Gasteiger partial charge in [0, 0.05) is 25.8 Å². The summed E-state index contributed by atoms with van der Waals surface area (Å²) in [5.74, 6) is -0.452. The number of nitrogen functional groups attached to an aromatic ring is 1. The van der Waals surface area contributed by atoms with Gasteiger partial charge in [-0.25, -0.2) is 4.79 Å². The Morgan fingerprint density at radius 3 is 2.90 bits per heavy atom. The normalized spacial score (nSPS) is 16.9. The quantitative estimate of drug-likeness (QED) is 0.834. The number of hydrogen-bond donors (Lipinski definition) is 2. The second-order valence-electron chi connectivity index (χ2n) is 5.06. The number of fused-ring (bicyclic) bond motifs is 1. The smallest absolute Gasteiger partial charge is 0.408 e. The fourth-order valence-corrected chi connectivity index (χ4v) is 2.77. The summed E-state index contributed by atoms with van der Waals surface area (Å²) in [5, 5.41) is 0. The summed E-state index contributed by atoms with van der Waals surface area (Å²) in [6.45, 7) is 4.59. The van der Waals surface area contributed by atoms with Gasteiger partial charge in [0.05, 0.1) is 23.0 Å². The van der Waals surface area contributed by atoms with E-state index >= 15 is 0 Å². The lowest BCUT2D eigenvalue weighted by molar-refractivity contribution is 0.0459. The van der Waals surface area contributed by atoms with Crippen molar-refractivity contribution in [1.29, 1.82) is 0 Å². The second kappa shape index (κ2) is 5.20. The van der Waals surface area contributed by atoms with E-state index < -0.39 is 5.76 Å². The molecule has 108 valence electrons. The fourth-order valence-electron chi connectivity index (χ4n) is 2.77. The Balaban J connectivity index is 1.83. The highest BCUT2D eigenvalue weighted by Gasteiger charge is 2.21. The summed E-state index contributed by atoms with van der Waals surface area (Å²) in [6.07, 6.45) is 2.33. The molecule has 1 aromatic carbocycles. The average Bonchev–Trinajstić information content (AvgIpc) is 2.78. The van der Waals surface area contributed by atoms with Crippen LogP contribution < -0.4 is 16.4 Å². The maximum Gasteiger partial charge on any atom is 0.417 e. The van der Waals surface area contributed by atoms with Crippen molar-refractivity contribution in [1.82, 2.24) is 4.98 Å². The number of aromatic nitrogens is 1. The molecule has 1 aliphatic heterocycles. The molecule has 20 heavy (non-hydrogen) atoms. The molecule has 0 aliphatic carbocycles. The zero-order chi connectivity index (χ0) is 14.1. The van der Waals surface area contributed by atoms with E-state index in [1.165, 1.54) is 0 Å². The van der Waals surface area contributed by atoms with Gasteiger partial charge in [-0.3, -0.25) is 4.98 Å². The monoisotopic (exact) mass is 277 g/mol. The Morgan fingerprint density at radius 1 is 1.45 bits per heavy atom. The number of aromatic amines is 1. The molecular weight excluding hydrogens is 258 g/mol. The number of piperidine rings is 1. The lowest BCUT2D eigenvalue weighted by atomic mass is 10.1. The molecule has 2 aromatic rings. The van der Waals surface area contributed by atoms with Gasteiger partial charge in [-0.05, 0) is 25.8 Å². The van der Waals surface area contributed by atoms with Crippen molar-refractivity contribution in [2.75, 3.05) is 30.3 Å². The minimum absolute atomic E-state index is 0.343. The standard InChI is InChI=1S/C14H19N3O3/c1-2-19-9-3-5-17(6-4-9)12-8-11-13(7-10(12)15)20-14(18)16-11/h7-9H,2-6,15H2,1H3,(H,16,18). The molecule has 6 heteroatoms. The Kier molecular flexibility index (Phi) is 3.40. The Morgan fingerprint density at radius 2 is 2.20 bits per heavy atom. The molecule has 0 radical (unpaired) electrons. The van der Waals surface area contributed by atoms with E-state index in [0.29, 0.717) is 22.9 Å². The third kappa shape index (κ3) is 2.38. The molecule has 0 atom stereocenters. The third-order valence-electron chi connectivity index (χ3n) is 3.75. The number of benzene rings is 1. The zero-order valence-corrected chi connectivity index (χ0v) is 11.5. The third-order valence-corrected chi connectivity index (χ3v) is 3.75. The van der Waals surface area contributed by atoms with Gasteiger partial charge in [-0.2, -0.15) is 0 Å². The molecule has 0 bridgehead atoms. The molecule has 3 N–H and O–H groups in total. The first-order chi connectivity index (χ1) is 9.67. The molecular formula is C14H19N3O3. The van der Waals surface area contributed by atoms with Gasteiger partial charge in [-0.15, -0.1) is 0 Å². The van der Waals surface area contributed by atoms with Crippen molar-refractivity contribution in [2.24, 2.45) is 0 Å². The summed E-state index contributed by atoms with van der Waals surface area (Å²) in [6, 6.07) is 3.59. The van der Waals surface area contributed by atoms with Crippen LogP contribution in [0.4, 0.5) is 11.4 Å². The first-order valence-electron chi connectivity index (χ1n) is 6.96. The number of nitrogens with two attached hydrogens (primary N) is 1. The maximum absolute atomic E-state index is 11.2. The molecule has 1 fully saturated rings. The highest BCUT2D eigenvalue weighted by Crippen LogP contribution is 2.30. The largest absolute Gasteiger partial charge is 0.417 e. The van der Waals surface area contributed by atoms with E-state index in [4.69, 9.17) is 14.9 Å². The molecule has 6 nitrogen and oxygen atoms in total. The number of anilines is 2. The highest BCUT2D eigenvalue weighted by molar-refractivity contribution is 5.85. The van der Waals surface area contributed by atoms with Crippen LogP contribution in [-0.2, 0) is 4.74 Å². The summed E-state index contributed by atoms with van der Waals surface area (Å²) >= 11 is 0. The van der Waals surface area contributed by atoms with E-state index in [0.717, 1.165) is 38.2 Å². The van der Waals surface area contributed by atoms with E-state index in [1.807, 2.05) is 13.0 Å². The van der Waals surface area contributed by atoms with Crippen LogP contribution in [-0.4, -0.2) is 30.8 Å². The number of hydrogen-bond acceptors (Lipinski definition) is 5. The maximum atomic E-state index is 11.2. The Hall–Kier alpha value is -1.95. The van der Waals surface area contributed by atoms with Crippen molar-refractivity contribution in [2.45, 2.75) is 25.9 Å². The van der Waals surface area contributed by atoms with Gasteiger partial charge in [0.25, 0.3) is 0 Å². The highest BCUT2D eigenvalue weighted by atomic mass is 16.5. The first kappa shape index (κ1) is 13.1. The minimum atomic E-state index is -0.452. The summed E-state index contributed by atoms with van der Waals surface area (Å²) in [5.41, 5.74) is 8.84. The van der Waals surface area contributed by atoms with Crippen molar-refractivity contribution in [3.63, 3.8) is 0 Å². The number of nitrogens with one attached hydrogen (secondary N) is 1. The zero-order valence-electron chi connectivity index (χ0n) is 11.5. The second-order valence-corrected chi connectivity index (χ2v) is 5.06. The lowest BCUT2D eigenvalue weighted by Gasteiger charge is -2.34. The first-order valence-corrected chi connectivity index (χ1v) is 6.96. The molecule has 0 saturated carbocycles. The molecule has 1 aliphatic rings. The van der Waals surface area contributed by atoms with Crippen LogP contribution in [0.5, 0.6) is 0 Å². The number of oxazole rings is 1. The number of ether oxygens (including phenoxy) is 1. The Bertz CT molecular complexity index is 653. The minimum Gasteiger partial charge on any atom is -0.408 e. The predicted octanol–water partition coefficient (Wildman–Crippen LogP) is 1.71. The fraction of sp³-hybridized carbons (Fsp3) is 0.500. The average molecular weight is 277 g/mol. The van der Waals surface area contributed by atoms with Gasteiger partial charge in [0.1, 0.15) is 0 Å². The van der Waals surface area contributed by atoms with Crippen LogP contribution in [0.2, 0.25) is 0 Å². The van der Waals surface area contributed by atoms with Crippen LogP contribution in [0.25, 0.3) is 11.1 Å². The van der Waals surface area contributed by atoms with Crippen molar-refractivity contribution in [3.05, 3.63) is 22.7 Å². The summed E-state index contributed by atoms with van der Waals surface area (Å²) in [7, 11) is 0. The Labute approximate surface area is 116 Å². The SMILES string of the molecule is CCOC1CCN(c2cc3[nH]c(=O)oc3cc2N)CC1. The predicted molar refractivity (Wildman–Crippen MR) is 78.1 cm³/mol. The van der Waals surface area contributed by atoms with Crippen LogP contribution in [0, 0.1) is 0 Å². The molecule has 1 saturated heterocycles. The van der Waals surface area contributed by atoms with Crippen LogP contribution in [0.15, 0.2) is 21.3 Å². The molecule has 0 spiro atoms. The molecule has 2 heterocycles. The number of nitrogens with zero attached hydrogens (tertiary/aromatic N) is 1.